The number of hydrogen-bond acceptors (Lipinski definition) is 6. The van der Waals surface area contributed by atoms with E-state index in [4.69, 9.17) is 9.47 Å². The second-order valence-corrected chi connectivity index (χ2v) is 7.91. The summed E-state index contributed by atoms with van der Waals surface area (Å²) in [5.74, 6) is 0.758. The lowest BCUT2D eigenvalue weighted by Crippen LogP contribution is -2.28. The predicted octanol–water partition coefficient (Wildman–Crippen LogP) is 2.61. The highest BCUT2D eigenvalue weighted by atomic mass is 32.2. The first-order valence-corrected chi connectivity index (χ1v) is 10.2. The second-order valence-electron chi connectivity index (χ2n) is 5.39. The Kier molecular flexibility index (Phi) is 5.60. The fourth-order valence-electron chi connectivity index (χ4n) is 2.42. The van der Waals surface area contributed by atoms with Gasteiger partial charge in [0.15, 0.2) is 0 Å². The van der Waals surface area contributed by atoms with Crippen LogP contribution in [0.3, 0.4) is 0 Å². The van der Waals surface area contributed by atoms with E-state index in [2.05, 4.69) is 9.82 Å². The van der Waals surface area contributed by atoms with Gasteiger partial charge in [-0.3, -0.25) is 4.68 Å². The molecule has 26 heavy (non-hydrogen) atoms. The summed E-state index contributed by atoms with van der Waals surface area (Å²) >= 11 is 1.61. The van der Waals surface area contributed by atoms with Gasteiger partial charge in [0.2, 0.25) is 10.0 Å². The first kappa shape index (κ1) is 18.4. The highest BCUT2D eigenvalue weighted by Crippen LogP contribution is 2.28. The van der Waals surface area contributed by atoms with Crippen LogP contribution in [0.2, 0.25) is 0 Å². The van der Waals surface area contributed by atoms with Crippen molar-refractivity contribution in [3.8, 4) is 22.8 Å². The molecule has 0 fully saturated rings. The van der Waals surface area contributed by atoms with Gasteiger partial charge in [-0.15, -0.1) is 0 Å². The number of methoxy groups -OCH3 is 2. The van der Waals surface area contributed by atoms with Crippen LogP contribution < -0.4 is 14.2 Å². The van der Waals surface area contributed by atoms with Crippen molar-refractivity contribution in [1.29, 1.82) is 0 Å². The Labute approximate surface area is 156 Å². The molecule has 2 aromatic heterocycles. The Morgan fingerprint density at radius 2 is 2.04 bits per heavy atom. The molecular weight excluding hydrogens is 374 g/mol. The minimum Gasteiger partial charge on any atom is -0.497 e. The van der Waals surface area contributed by atoms with Gasteiger partial charge in [0.25, 0.3) is 0 Å². The Morgan fingerprint density at radius 1 is 1.19 bits per heavy atom. The molecular formula is C17H19N3O4S2. The fourth-order valence-corrected chi connectivity index (χ4v) is 4.24. The molecule has 0 saturated carbocycles. The monoisotopic (exact) mass is 393 g/mol. The number of sulfonamides is 1. The number of benzene rings is 1. The van der Waals surface area contributed by atoms with Crippen molar-refractivity contribution in [2.24, 2.45) is 0 Å². The van der Waals surface area contributed by atoms with Gasteiger partial charge in [0, 0.05) is 29.8 Å². The molecule has 7 nitrogen and oxygen atoms in total. The Balaban J connectivity index is 1.66. The molecule has 138 valence electrons. The molecule has 9 heteroatoms. The number of hydrogen-bond donors (Lipinski definition) is 1. The average Bonchev–Trinajstić information content (AvgIpc) is 3.32. The minimum atomic E-state index is -3.70. The highest BCUT2D eigenvalue weighted by Gasteiger charge is 2.19. The Morgan fingerprint density at radius 3 is 2.73 bits per heavy atom. The van der Waals surface area contributed by atoms with E-state index in [1.54, 1.807) is 22.1 Å². The molecule has 1 aromatic carbocycles. The fraction of sp³-hybridized carbons (Fsp3) is 0.235. The van der Waals surface area contributed by atoms with Crippen LogP contribution in [0.1, 0.15) is 0 Å². The van der Waals surface area contributed by atoms with Crippen LogP contribution in [-0.4, -0.2) is 39.0 Å². The van der Waals surface area contributed by atoms with Gasteiger partial charge in [-0.05, 0) is 29.6 Å². The summed E-state index contributed by atoms with van der Waals surface area (Å²) in [4.78, 5) is 0.0697. The van der Waals surface area contributed by atoms with Gasteiger partial charge in [-0.25, -0.2) is 13.1 Å². The van der Waals surface area contributed by atoms with Crippen molar-refractivity contribution >= 4 is 21.4 Å². The molecule has 0 saturated heterocycles. The normalized spacial score (nSPS) is 11.5. The lowest BCUT2D eigenvalue weighted by molar-refractivity contribution is 0.386. The molecule has 0 aliphatic heterocycles. The third-order valence-corrected chi connectivity index (χ3v) is 5.93. The van der Waals surface area contributed by atoms with E-state index in [1.165, 1.54) is 26.4 Å². The SMILES string of the molecule is COc1ccc(S(=O)(=O)NCCn2ccc(-c3ccsc3)n2)c(OC)c1. The van der Waals surface area contributed by atoms with Gasteiger partial charge in [-0.1, -0.05) is 0 Å². The number of rotatable bonds is 8. The average molecular weight is 393 g/mol. The molecule has 0 unspecified atom stereocenters. The molecule has 0 amide bonds. The van der Waals surface area contributed by atoms with Gasteiger partial charge < -0.3 is 9.47 Å². The van der Waals surface area contributed by atoms with Crippen LogP contribution in [0.4, 0.5) is 0 Å². The number of ether oxygens (including phenoxy) is 2. The Hall–Kier alpha value is -2.36. The van der Waals surface area contributed by atoms with Gasteiger partial charge >= 0.3 is 0 Å². The summed E-state index contributed by atoms with van der Waals surface area (Å²) in [6.45, 7) is 0.629. The molecule has 0 spiro atoms. The zero-order chi connectivity index (χ0) is 18.6. The van der Waals surface area contributed by atoms with Gasteiger partial charge in [0.05, 0.1) is 26.5 Å². The van der Waals surface area contributed by atoms with Crippen molar-refractivity contribution < 1.29 is 17.9 Å². The van der Waals surface area contributed by atoms with Crippen molar-refractivity contribution in [3.05, 3.63) is 47.3 Å². The first-order chi connectivity index (χ1) is 12.5. The summed E-state index contributed by atoms with van der Waals surface area (Å²) in [6.07, 6.45) is 1.83. The molecule has 2 heterocycles. The maximum Gasteiger partial charge on any atom is 0.244 e. The van der Waals surface area contributed by atoms with Crippen LogP contribution in [-0.2, 0) is 16.6 Å². The van der Waals surface area contributed by atoms with Crippen LogP contribution in [0.15, 0.2) is 52.2 Å². The minimum absolute atomic E-state index is 0.0697. The lowest BCUT2D eigenvalue weighted by atomic mass is 10.2. The van der Waals surface area contributed by atoms with Crippen LogP contribution in [0, 0.1) is 0 Å². The molecule has 3 aromatic rings. The summed E-state index contributed by atoms with van der Waals surface area (Å²) in [5.41, 5.74) is 1.92. The smallest absolute Gasteiger partial charge is 0.244 e. The third-order valence-electron chi connectivity index (χ3n) is 3.75. The highest BCUT2D eigenvalue weighted by molar-refractivity contribution is 7.89. The van der Waals surface area contributed by atoms with E-state index in [1.807, 2.05) is 29.1 Å². The zero-order valence-corrected chi connectivity index (χ0v) is 16.0. The van der Waals surface area contributed by atoms with Gasteiger partial charge in [-0.2, -0.15) is 16.4 Å². The van der Waals surface area contributed by atoms with E-state index in [0.29, 0.717) is 12.3 Å². The largest absolute Gasteiger partial charge is 0.497 e. The Bertz CT molecular complexity index is 966. The topological polar surface area (TPSA) is 82.5 Å². The van der Waals surface area contributed by atoms with E-state index in [9.17, 15) is 8.42 Å². The third kappa shape index (κ3) is 4.06. The van der Waals surface area contributed by atoms with E-state index >= 15 is 0 Å². The van der Waals surface area contributed by atoms with E-state index < -0.39 is 10.0 Å². The van der Waals surface area contributed by atoms with E-state index in [0.717, 1.165) is 11.3 Å². The number of aromatic nitrogens is 2. The lowest BCUT2D eigenvalue weighted by Gasteiger charge is -2.12. The standard InChI is InChI=1S/C17H19N3O4S2/c1-23-14-3-4-17(16(11-14)24-2)26(21,22)18-7-9-20-8-5-15(19-20)13-6-10-25-12-13/h3-6,8,10-12,18H,7,9H2,1-2H3. The van der Waals surface area contributed by atoms with Crippen molar-refractivity contribution in [3.63, 3.8) is 0 Å². The number of thiophene rings is 1. The summed E-state index contributed by atoms with van der Waals surface area (Å²) in [6, 6.07) is 8.48. The summed E-state index contributed by atoms with van der Waals surface area (Å²) < 4.78 is 39.6. The molecule has 0 aliphatic carbocycles. The quantitative estimate of drug-likeness (QED) is 0.636. The maximum absolute atomic E-state index is 12.5. The molecule has 3 rings (SSSR count). The van der Waals surface area contributed by atoms with Gasteiger partial charge in [0.1, 0.15) is 16.4 Å². The predicted molar refractivity (Wildman–Crippen MR) is 100 cm³/mol. The maximum atomic E-state index is 12.5. The van der Waals surface area contributed by atoms with Crippen molar-refractivity contribution in [2.75, 3.05) is 20.8 Å². The first-order valence-electron chi connectivity index (χ1n) is 7.81. The number of nitrogens with one attached hydrogen (secondary N) is 1. The van der Waals surface area contributed by atoms with E-state index in [-0.39, 0.29) is 17.2 Å². The number of nitrogens with zero attached hydrogens (tertiary/aromatic N) is 2. The summed E-state index contributed by atoms with van der Waals surface area (Å²) in [7, 11) is -0.775. The molecule has 0 bridgehead atoms. The van der Waals surface area contributed by atoms with Crippen LogP contribution >= 0.6 is 11.3 Å². The van der Waals surface area contributed by atoms with Crippen LogP contribution in [0.5, 0.6) is 11.5 Å². The van der Waals surface area contributed by atoms with Crippen molar-refractivity contribution in [1.82, 2.24) is 14.5 Å². The van der Waals surface area contributed by atoms with Crippen LogP contribution in [0.25, 0.3) is 11.3 Å². The molecule has 0 radical (unpaired) electrons. The molecule has 0 atom stereocenters. The molecule has 0 aliphatic rings. The second kappa shape index (κ2) is 7.90. The molecule has 1 N–H and O–H groups in total. The zero-order valence-electron chi connectivity index (χ0n) is 14.4. The summed E-state index contributed by atoms with van der Waals surface area (Å²) in [5, 5.41) is 8.46. The van der Waals surface area contributed by atoms with Crippen molar-refractivity contribution in [2.45, 2.75) is 11.4 Å².